The maximum Gasteiger partial charge on any atom is 1.00 e. The number of aliphatic carboxylic acids is 1. The van der Waals surface area contributed by atoms with Crippen molar-refractivity contribution in [2.45, 2.75) is 84.6 Å². The fourth-order valence-electron chi connectivity index (χ4n) is 2.26. The van der Waals surface area contributed by atoms with E-state index in [0.717, 1.165) is 12.8 Å². The zero-order valence-electron chi connectivity index (χ0n) is 19.8. The monoisotopic (exact) mass is 491 g/mol. The molecular weight excluding hydrogens is 459 g/mol. The van der Waals surface area contributed by atoms with Crippen molar-refractivity contribution >= 4 is 22.5 Å². The molecule has 0 saturated heterocycles. The van der Waals surface area contributed by atoms with E-state index in [-0.39, 0.29) is 94.6 Å². The second-order valence-electron chi connectivity index (χ2n) is 6.74. The van der Waals surface area contributed by atoms with Crippen LogP contribution in [0.15, 0.2) is 12.3 Å². The molecule has 0 rings (SSSR count). The van der Waals surface area contributed by atoms with Crippen LogP contribution in [0.25, 0.3) is 0 Å². The summed E-state index contributed by atoms with van der Waals surface area (Å²) in [5.41, 5.74) is 0. The Hall–Kier alpha value is 1.35. The number of hydrogen-bond acceptors (Lipinski definition) is 8. The predicted octanol–water partition coefficient (Wildman–Crippen LogP) is -6.79. The summed E-state index contributed by atoms with van der Waals surface area (Å²) in [7, 11) is -5.17. The van der Waals surface area contributed by atoms with Crippen molar-refractivity contribution in [3.05, 3.63) is 12.3 Å². The van der Waals surface area contributed by atoms with Crippen LogP contribution in [0.4, 0.5) is 4.79 Å². The summed E-state index contributed by atoms with van der Waals surface area (Å²) in [5, 5.41) is 13.2. The Kier molecular flexibility index (Phi) is 37.8. The zero-order valence-corrected chi connectivity index (χ0v) is 26.7. The summed E-state index contributed by atoms with van der Waals surface area (Å²) < 4.78 is 38.9. The molecule has 0 aromatic heterocycles. The second-order valence-corrected chi connectivity index (χ2v) is 7.56. The average Bonchev–Trinajstić information content (AvgIpc) is 2.54. The summed E-state index contributed by atoms with van der Waals surface area (Å²) in [6, 6.07) is -1.01. The number of nitrogens with one attached hydrogen (secondary N) is 1. The van der Waals surface area contributed by atoms with Crippen molar-refractivity contribution in [2.24, 2.45) is 5.92 Å². The normalized spacial score (nSPS) is 11.2. The third-order valence-corrected chi connectivity index (χ3v) is 3.53. The van der Waals surface area contributed by atoms with Gasteiger partial charge in [0, 0.05) is 10.4 Å². The van der Waals surface area contributed by atoms with E-state index in [1.54, 1.807) is 6.08 Å². The molecule has 0 aliphatic heterocycles. The van der Waals surface area contributed by atoms with E-state index < -0.39 is 28.5 Å². The summed E-state index contributed by atoms with van der Waals surface area (Å²) in [5.74, 6) is -1.14. The van der Waals surface area contributed by atoms with Gasteiger partial charge in [-0.25, -0.2) is 4.79 Å². The second kappa shape index (κ2) is 27.6. The van der Waals surface area contributed by atoms with Crippen molar-refractivity contribution in [1.29, 1.82) is 0 Å². The number of rotatable bonds is 13. The van der Waals surface area contributed by atoms with Crippen LogP contribution >= 0.6 is 0 Å². The fraction of sp³-hybridized carbons (Fsp3) is 0.778. The Bertz CT molecular complexity index is 552. The van der Waals surface area contributed by atoms with Crippen LogP contribution in [-0.4, -0.2) is 35.6 Å². The first-order valence-electron chi connectivity index (χ1n) is 9.47. The molecule has 13 heteroatoms. The Morgan fingerprint density at radius 1 is 0.968 bits per heavy atom. The molecule has 0 aliphatic carbocycles. The molecule has 9 nitrogen and oxygen atoms in total. The van der Waals surface area contributed by atoms with Crippen molar-refractivity contribution < 1.29 is 126 Å². The van der Waals surface area contributed by atoms with E-state index in [4.69, 9.17) is 22.3 Å². The molecule has 0 aromatic rings. The van der Waals surface area contributed by atoms with Gasteiger partial charge in [0.15, 0.2) is 0 Å². The predicted molar refractivity (Wildman–Crippen MR) is 100 cm³/mol. The molecule has 166 valence electrons. The Morgan fingerprint density at radius 2 is 1.42 bits per heavy atom. The molecule has 0 radical (unpaired) electrons. The van der Waals surface area contributed by atoms with Gasteiger partial charge in [-0.3, -0.25) is 8.42 Å². The molecule has 1 N–H and O–H groups in total. The van der Waals surface area contributed by atoms with E-state index in [0.29, 0.717) is 6.42 Å². The molecule has 1 atom stereocenters. The number of carboxylic acids is 1. The third kappa shape index (κ3) is 42.0. The number of unbranched alkanes of at least 4 members (excludes halogenated alkanes) is 7. The van der Waals surface area contributed by atoms with Crippen LogP contribution in [0, 0.1) is 5.92 Å². The first kappa shape index (κ1) is 42.5. The Balaban J connectivity index is -0.000000252. The van der Waals surface area contributed by atoms with Gasteiger partial charge in [0.1, 0.15) is 0 Å². The Labute approximate surface area is 253 Å². The molecule has 0 heterocycles. The van der Waals surface area contributed by atoms with E-state index in [1.165, 1.54) is 44.8 Å². The zero-order chi connectivity index (χ0) is 22.0. The largest absolute Gasteiger partial charge is 1.00 e. The standard InChI is InChI=1S/C18H33NO4.3Na.H2O4S/c1-4-5-6-7-8-9-10-11-12-13-23-18(22)19-16(17(20)21)14-15(2)3;;;;1-5(2,3)4/h12-13,15-16H,4-11,14H2,1-3H3,(H,19,22)(H,20,21);;;;(H2,1,2,3,4)/q;3*+1;/p-3/t16-;;;;/m0..../s1. The Morgan fingerprint density at radius 3 is 1.84 bits per heavy atom. The average molecular weight is 491 g/mol. The summed E-state index contributed by atoms with van der Waals surface area (Å²) >= 11 is 0. The number of carboxylic acid groups (broad SMARTS) is 1. The molecule has 0 aromatic carbocycles. The van der Waals surface area contributed by atoms with E-state index in [1.807, 2.05) is 13.8 Å². The smallest absolute Gasteiger partial charge is 0.759 e. The van der Waals surface area contributed by atoms with Crippen LogP contribution in [0.5, 0.6) is 0 Å². The fourth-order valence-corrected chi connectivity index (χ4v) is 2.26. The number of amides is 1. The van der Waals surface area contributed by atoms with Crippen molar-refractivity contribution in [3.63, 3.8) is 0 Å². The van der Waals surface area contributed by atoms with E-state index in [2.05, 4.69) is 12.2 Å². The van der Waals surface area contributed by atoms with Gasteiger partial charge in [0.25, 0.3) is 0 Å². The van der Waals surface area contributed by atoms with Gasteiger partial charge in [-0.05, 0) is 31.3 Å². The molecule has 0 unspecified atom stereocenters. The van der Waals surface area contributed by atoms with Gasteiger partial charge in [-0.15, -0.1) is 0 Å². The van der Waals surface area contributed by atoms with E-state index >= 15 is 0 Å². The number of hydrogen-bond donors (Lipinski definition) is 1. The molecule has 1 amide bonds. The van der Waals surface area contributed by atoms with Gasteiger partial charge < -0.3 is 29.1 Å². The summed E-state index contributed by atoms with van der Waals surface area (Å²) in [6.07, 6.45) is 12.2. The van der Waals surface area contributed by atoms with Crippen LogP contribution in [-0.2, 0) is 19.9 Å². The number of alkyl carbamates (subject to hydrolysis) is 1. The maximum absolute atomic E-state index is 11.5. The summed E-state index contributed by atoms with van der Waals surface area (Å²) in [4.78, 5) is 22.4. The number of ether oxygens (including phenoxy) is 1. The van der Waals surface area contributed by atoms with Gasteiger partial charge in [-0.1, -0.05) is 59.3 Å². The first-order chi connectivity index (χ1) is 13.0. The van der Waals surface area contributed by atoms with Crippen molar-refractivity contribution in [1.82, 2.24) is 5.32 Å². The minimum atomic E-state index is -5.17. The number of carbonyl (C=O) groups is 2. The SMILES string of the molecule is CCCCCCCCCC=COC(=O)N[C@@H](CC(C)C)C(=O)[O-].O=S(=O)([O-])[O-].[Na+].[Na+].[Na+]. The molecule has 0 fully saturated rings. The number of carbonyl (C=O) groups excluding carboxylic acids is 2. The van der Waals surface area contributed by atoms with Crippen LogP contribution in [0.3, 0.4) is 0 Å². The molecule has 0 spiro atoms. The minimum absolute atomic E-state index is 0. The third-order valence-electron chi connectivity index (χ3n) is 3.53. The molecule has 0 bridgehead atoms. The van der Waals surface area contributed by atoms with Crippen LogP contribution < -0.4 is 99.1 Å². The van der Waals surface area contributed by atoms with Gasteiger partial charge >= 0.3 is 94.8 Å². The van der Waals surface area contributed by atoms with E-state index in [9.17, 15) is 14.7 Å². The molecular formula is C18H32NNa3O8S. The van der Waals surface area contributed by atoms with Gasteiger partial charge in [-0.2, -0.15) is 0 Å². The van der Waals surface area contributed by atoms with Crippen LogP contribution in [0.2, 0.25) is 0 Å². The maximum atomic E-state index is 11.5. The van der Waals surface area contributed by atoms with Gasteiger partial charge in [0.2, 0.25) is 0 Å². The first-order valence-corrected chi connectivity index (χ1v) is 10.8. The molecule has 31 heavy (non-hydrogen) atoms. The molecule has 0 saturated carbocycles. The summed E-state index contributed by atoms with van der Waals surface area (Å²) in [6.45, 7) is 5.97. The minimum Gasteiger partial charge on any atom is -0.759 e. The van der Waals surface area contributed by atoms with Crippen LogP contribution in [0.1, 0.15) is 78.6 Å². The number of allylic oxidation sites excluding steroid dienone is 1. The quantitative estimate of drug-likeness (QED) is 0.0875. The topological polar surface area (TPSA) is 159 Å². The van der Waals surface area contributed by atoms with Crippen molar-refractivity contribution in [2.75, 3.05) is 0 Å². The van der Waals surface area contributed by atoms with Gasteiger partial charge in [0.05, 0.1) is 18.3 Å². The molecule has 0 aliphatic rings. The van der Waals surface area contributed by atoms with Crippen molar-refractivity contribution in [3.8, 4) is 0 Å².